The van der Waals surface area contributed by atoms with Crippen LogP contribution in [0.2, 0.25) is 0 Å². The number of hydrogen-bond acceptors (Lipinski definition) is 19. The fourth-order valence-electron chi connectivity index (χ4n) is 11.6. The lowest BCUT2D eigenvalue weighted by Gasteiger charge is -2.23. The third-order valence-electron chi connectivity index (χ3n) is 15.6. The number of aromatic amines is 2. The second-order valence-corrected chi connectivity index (χ2v) is 21.1. The van der Waals surface area contributed by atoms with Crippen LogP contribution in [-0.2, 0) is 14.3 Å². The number of methoxy groups -OCH3 is 2. The van der Waals surface area contributed by atoms with Crippen molar-refractivity contribution in [2.24, 2.45) is 5.73 Å². The molecular formula is C66H70BN12O10. The van der Waals surface area contributed by atoms with Gasteiger partial charge < -0.3 is 58.8 Å². The largest absolute Gasteiger partial charge is 0.496 e. The molecule has 0 spiro atoms. The molecule has 0 aliphatic carbocycles. The Bertz CT molecular complexity index is 4530. The minimum Gasteiger partial charge on any atom is -0.496 e. The molecule has 4 aromatic carbocycles. The molecule has 2 saturated heterocycles. The molecule has 23 heteroatoms. The second kappa shape index (κ2) is 27.6. The fourth-order valence-corrected chi connectivity index (χ4v) is 11.6. The molecule has 6 N–H and O–H groups in total. The molecule has 8 aromatic heterocycles. The van der Waals surface area contributed by atoms with E-state index in [9.17, 15) is 9.59 Å². The van der Waals surface area contributed by atoms with Gasteiger partial charge >= 0.3 is 0 Å². The zero-order valence-corrected chi connectivity index (χ0v) is 51.3. The number of fused-ring (bicyclic) bond motifs is 8. The first-order valence-corrected chi connectivity index (χ1v) is 29.3. The van der Waals surface area contributed by atoms with E-state index in [-0.39, 0.29) is 20.0 Å². The fraction of sp³-hybridized carbons (Fsp3) is 0.303. The van der Waals surface area contributed by atoms with Gasteiger partial charge in [-0.1, -0.05) is 42.4 Å². The smallest absolute Gasteiger partial charge is 0.298 e. The van der Waals surface area contributed by atoms with Crippen molar-refractivity contribution in [1.29, 1.82) is 1.34 Å². The number of nitrogens with two attached hydrogens (primary N) is 1. The summed E-state index contributed by atoms with van der Waals surface area (Å²) in [6.07, 6.45) is 7.06. The van der Waals surface area contributed by atoms with E-state index in [0.29, 0.717) is 88.3 Å². The van der Waals surface area contributed by atoms with Crippen molar-refractivity contribution in [3.05, 3.63) is 125 Å². The van der Waals surface area contributed by atoms with Crippen molar-refractivity contribution >= 4 is 86.1 Å². The average molecular weight is 1200 g/mol. The summed E-state index contributed by atoms with van der Waals surface area (Å²) in [6.45, 7) is 18.8. The Kier molecular flexibility index (Phi) is 18.9. The van der Waals surface area contributed by atoms with Gasteiger partial charge in [-0.25, -0.2) is 19.9 Å². The summed E-state index contributed by atoms with van der Waals surface area (Å²) in [5, 5.41) is 23.7. The minimum absolute atomic E-state index is 0.0883. The van der Waals surface area contributed by atoms with Crippen LogP contribution < -0.4 is 25.3 Å². The van der Waals surface area contributed by atoms with Gasteiger partial charge in [0.05, 0.1) is 70.0 Å². The number of hydrogen-bond donors (Lipinski definition) is 5. The number of amides is 1. The summed E-state index contributed by atoms with van der Waals surface area (Å²) >= 11 is 0. The zero-order chi connectivity index (χ0) is 63.8. The van der Waals surface area contributed by atoms with E-state index >= 15 is 0 Å². The average Bonchev–Trinajstić information content (AvgIpc) is 1.53. The van der Waals surface area contributed by atoms with E-state index in [0.717, 1.165) is 144 Å². The number of ether oxygens (including phenoxy) is 5. The summed E-state index contributed by atoms with van der Waals surface area (Å²) in [4.78, 5) is 59.6. The summed E-state index contributed by atoms with van der Waals surface area (Å²) < 4.78 is 43.8. The van der Waals surface area contributed by atoms with E-state index in [4.69, 9.17) is 59.8 Å². The summed E-state index contributed by atoms with van der Waals surface area (Å²) in [5.74, 6) is 4.31. The highest BCUT2D eigenvalue weighted by Crippen LogP contribution is 2.45. The third kappa shape index (κ3) is 12.5. The maximum absolute atomic E-state index is 13.4. The van der Waals surface area contributed by atoms with Crippen LogP contribution in [0, 0.1) is 41.5 Å². The zero-order valence-electron chi connectivity index (χ0n) is 52.3. The van der Waals surface area contributed by atoms with Crippen molar-refractivity contribution in [3.8, 4) is 62.0 Å². The predicted molar refractivity (Wildman–Crippen MR) is 344 cm³/mol. The number of rotatable bonds is 10. The Morgan fingerprint density at radius 1 is 0.652 bits per heavy atom. The van der Waals surface area contributed by atoms with E-state index in [2.05, 4.69) is 40.6 Å². The van der Waals surface area contributed by atoms with Gasteiger partial charge in [-0.3, -0.25) is 19.6 Å². The first-order chi connectivity index (χ1) is 43.7. The number of H-pyrrole nitrogens is 2. The van der Waals surface area contributed by atoms with Crippen LogP contribution in [0.15, 0.2) is 94.2 Å². The van der Waals surface area contributed by atoms with Crippen LogP contribution in [0.25, 0.3) is 110 Å². The van der Waals surface area contributed by atoms with Crippen LogP contribution >= 0.6 is 0 Å². The van der Waals surface area contributed by atoms with E-state index in [1.807, 2.05) is 122 Å². The van der Waals surface area contributed by atoms with Gasteiger partial charge in [0, 0.05) is 107 Å². The van der Waals surface area contributed by atoms with Crippen LogP contribution in [0.3, 0.4) is 0 Å². The minimum atomic E-state index is -0.134. The topological polar surface area (TPSA) is 300 Å². The van der Waals surface area contributed by atoms with Crippen molar-refractivity contribution in [1.82, 2.24) is 55.5 Å². The monoisotopic (exact) mass is 1200 g/mol. The van der Waals surface area contributed by atoms with Crippen molar-refractivity contribution in [3.63, 3.8) is 0 Å². The molecule has 1 radical (unpaired) electrons. The molecule has 457 valence electrons. The second-order valence-electron chi connectivity index (χ2n) is 21.1. The standard InChI is InChI=1S/C32H30N6O4.C27H21N5O4.C5H11NO.C2H6.BH2O/c1-16-27(17(2)42-38-16)24-14-25-23(15-26(24)40-4)28-30(34-18(3)35-31(28)37-25)21-7-8-22(29-20(21)6-5-11-33-29)32(39)36-19-9-12-41-13-10-19;1-13-23(14(2)36-32-13)19-10-20-18(11-22(19)34-4)24-26(29-15(3)30-27(24)31-20)17-7-8-21(35-12-33)25-16(17)6-5-9-28-25;6-5-1-3-7-4-2-5;2*1-2/h5-8,11,14-15,19H,9-10,12-13H2,1-4H3,(H,36,39)(H,34,35,37);5-12H,1-4H3,(H,29,30,31);5H,1-4,6H2;1-2H3;1-2H/i;;;;1T. The molecule has 22 nitrogen and oxygen atoms in total. The molecule has 14 rings (SSSR count). The maximum Gasteiger partial charge on any atom is 0.298 e. The van der Waals surface area contributed by atoms with E-state index < -0.39 is 0 Å². The summed E-state index contributed by atoms with van der Waals surface area (Å²) in [6, 6.07) is 23.6. The third-order valence-corrected chi connectivity index (χ3v) is 15.6. The van der Waals surface area contributed by atoms with Gasteiger partial charge in [0.1, 0.15) is 51.5 Å². The molecule has 12 aromatic rings. The van der Waals surface area contributed by atoms with Gasteiger partial charge in [-0.05, 0) is 122 Å². The number of carbonyl (C=O) groups is 2. The van der Waals surface area contributed by atoms with Crippen LogP contribution in [0.4, 0.5) is 0 Å². The summed E-state index contributed by atoms with van der Waals surface area (Å²) in [5.41, 5.74) is 18.8. The van der Waals surface area contributed by atoms with Crippen LogP contribution in [0.5, 0.6) is 17.2 Å². The molecule has 0 unspecified atom stereocenters. The normalized spacial score (nSPS) is 13.6. The van der Waals surface area contributed by atoms with Crippen LogP contribution in [-0.4, -0.2) is 130 Å². The van der Waals surface area contributed by atoms with E-state index in [1.165, 1.54) is 0 Å². The van der Waals surface area contributed by atoms with Crippen LogP contribution in [0.1, 0.15) is 84.4 Å². The molecule has 89 heavy (non-hydrogen) atoms. The predicted octanol–water partition coefficient (Wildman–Crippen LogP) is 11.2. The number of aromatic nitrogens is 10. The Hall–Kier alpha value is -9.68. The Morgan fingerprint density at radius 2 is 1.12 bits per heavy atom. The first-order valence-electron chi connectivity index (χ1n) is 29.9. The van der Waals surface area contributed by atoms with Crippen molar-refractivity contribution < 1.29 is 47.3 Å². The summed E-state index contributed by atoms with van der Waals surface area (Å²) in [7, 11) is 3.55. The SMILES string of the molecule is CC.COc1cc2c(cc1-c1c(C)noc1C)[nH]c1nc(C)nc(-c3ccc(C(=O)NC4CCOCC4)c4ncccc34)c12.COc1cc2c(cc1-c1c(C)noc1C)[nH]c1nc(C)nc(-c3ccc(OC=O)c4ncccc34)c12.NC1CCOCC1.[3H][B]O. The van der Waals surface area contributed by atoms with Gasteiger partial charge in [0.25, 0.3) is 20.4 Å². The van der Waals surface area contributed by atoms with Crippen molar-refractivity contribution in [2.45, 2.75) is 93.2 Å². The number of benzene rings is 4. The van der Waals surface area contributed by atoms with Crippen molar-refractivity contribution in [2.75, 3.05) is 40.6 Å². The molecule has 0 saturated carbocycles. The number of nitrogens with one attached hydrogen (secondary N) is 3. The quantitative estimate of drug-likeness (QED) is 0.0628. The Labute approximate surface area is 515 Å². The highest BCUT2D eigenvalue weighted by Gasteiger charge is 2.26. The lowest BCUT2D eigenvalue weighted by atomic mass is 9.97. The van der Waals surface area contributed by atoms with E-state index in [1.54, 1.807) is 32.7 Å². The molecule has 0 bridgehead atoms. The first kappa shape index (κ1) is 61.0. The van der Waals surface area contributed by atoms with Gasteiger partial charge in [0.2, 0.25) is 0 Å². The number of aryl methyl sites for hydroxylation is 6. The lowest BCUT2D eigenvalue weighted by Crippen LogP contribution is -2.39. The lowest BCUT2D eigenvalue weighted by molar-refractivity contribution is -0.120. The number of nitrogens with zero attached hydrogens (tertiary/aromatic N) is 8. The molecule has 2 aliphatic rings. The molecule has 2 fully saturated rings. The molecule has 10 heterocycles. The number of carbonyl (C=O) groups excluding carboxylic acids is 2. The number of pyridine rings is 2. The molecular weight excluding hydrogens is 1130 g/mol. The van der Waals surface area contributed by atoms with Gasteiger partial charge in [-0.15, -0.1) is 0 Å². The highest BCUT2D eigenvalue weighted by molar-refractivity contribution is 6.18. The Morgan fingerprint density at radius 3 is 1.57 bits per heavy atom. The molecule has 2 aliphatic heterocycles. The molecule has 0 atom stereocenters. The Balaban J connectivity index is 0.000000169. The molecule has 1 amide bonds. The maximum atomic E-state index is 13.4. The van der Waals surface area contributed by atoms with Gasteiger partial charge in [-0.2, -0.15) is 0 Å². The van der Waals surface area contributed by atoms with Gasteiger partial charge in [0.15, 0.2) is 5.75 Å². The highest BCUT2D eigenvalue weighted by atomic mass is 16.5.